The molecule has 0 aliphatic carbocycles. The van der Waals surface area contributed by atoms with Crippen molar-refractivity contribution in [1.82, 2.24) is 9.29 Å². The lowest BCUT2D eigenvalue weighted by Crippen LogP contribution is -2.48. The summed E-state index contributed by atoms with van der Waals surface area (Å²) in [4.78, 5) is 12.9. The molecular weight excluding hydrogens is 420 g/mol. The van der Waals surface area contributed by atoms with Gasteiger partial charge in [-0.15, -0.1) is 0 Å². The van der Waals surface area contributed by atoms with E-state index in [1.165, 1.54) is 0 Å². The Kier molecular flexibility index (Phi) is 5.82. The fraction of sp³-hybridized carbons (Fsp3) is 0.261. The molecule has 0 radical (unpaired) electrons. The van der Waals surface area contributed by atoms with E-state index in [9.17, 15) is 13.2 Å². The number of halogens is 1. The van der Waals surface area contributed by atoms with E-state index < -0.39 is 10.0 Å². The summed E-state index contributed by atoms with van der Waals surface area (Å²) in [5.41, 5.74) is 3.81. The Labute approximate surface area is 181 Å². The molecule has 2 aromatic carbocycles. The largest absolute Gasteiger partial charge is 0.306 e. The second-order valence-electron chi connectivity index (χ2n) is 7.72. The van der Waals surface area contributed by atoms with Crippen LogP contribution < -0.4 is 10.3 Å². The number of nitrogens with one attached hydrogen (secondary N) is 1. The Morgan fingerprint density at radius 3 is 2.50 bits per heavy atom. The van der Waals surface area contributed by atoms with Crippen LogP contribution in [0.5, 0.6) is 0 Å². The van der Waals surface area contributed by atoms with Crippen LogP contribution in [0.1, 0.15) is 23.7 Å². The first-order chi connectivity index (χ1) is 14.3. The molecule has 2 heterocycles. The molecule has 7 heteroatoms. The lowest BCUT2D eigenvalue weighted by Gasteiger charge is -2.35. The molecule has 0 spiro atoms. The molecule has 2 atom stereocenters. The molecule has 4 rings (SSSR count). The highest BCUT2D eigenvalue weighted by Gasteiger charge is 2.32. The summed E-state index contributed by atoms with van der Waals surface area (Å²) >= 11 is 6.13. The number of hydrogen-bond donors (Lipinski definition) is 1. The molecule has 30 heavy (non-hydrogen) atoms. The van der Waals surface area contributed by atoms with Crippen LogP contribution in [-0.2, 0) is 22.9 Å². The number of aromatic nitrogens is 1. The van der Waals surface area contributed by atoms with Crippen molar-refractivity contribution in [1.29, 1.82) is 0 Å². The average molecular weight is 443 g/mol. The van der Waals surface area contributed by atoms with Crippen LogP contribution in [0.15, 0.2) is 71.5 Å². The smallest absolute Gasteiger partial charge is 0.269 e. The Hall–Kier alpha value is -2.41. The van der Waals surface area contributed by atoms with Gasteiger partial charge in [0.15, 0.2) is 0 Å². The molecule has 0 bridgehead atoms. The number of fused-ring (bicyclic) bond motifs is 1. The summed E-state index contributed by atoms with van der Waals surface area (Å²) in [6.07, 6.45) is 2.90. The standard InChI is InChI=1S/C23H23ClN2O3S/c1-30(28,29)25-21-13-11-19-10-12-20(24)23(27)26(19)22(21)15-16-6-5-9-18(14-16)17-7-3-2-4-8-17/h2-10,12,14,21-22,25H,11,13,15H2,1H3/t21-,22-/m0/s1. The quantitative estimate of drug-likeness (QED) is 0.653. The van der Waals surface area contributed by atoms with Crippen LogP contribution in [0.25, 0.3) is 11.1 Å². The molecule has 5 nitrogen and oxygen atoms in total. The minimum Gasteiger partial charge on any atom is -0.306 e. The number of rotatable bonds is 5. The first kappa shape index (κ1) is 20.8. The van der Waals surface area contributed by atoms with Crippen molar-refractivity contribution in [3.8, 4) is 11.1 Å². The fourth-order valence-electron chi connectivity index (χ4n) is 4.21. The van der Waals surface area contributed by atoms with E-state index in [1.54, 1.807) is 10.6 Å². The SMILES string of the molecule is CS(=O)(=O)N[C@H]1CCc2ccc(Cl)c(=O)n2[C@H]1Cc1cccc(-c2ccccc2)c1. The minimum atomic E-state index is -3.42. The van der Waals surface area contributed by atoms with Crippen LogP contribution in [0, 0.1) is 0 Å². The lowest BCUT2D eigenvalue weighted by molar-refractivity contribution is 0.315. The maximum absolute atomic E-state index is 12.9. The second-order valence-corrected chi connectivity index (χ2v) is 9.91. The number of benzene rings is 2. The zero-order valence-electron chi connectivity index (χ0n) is 16.6. The van der Waals surface area contributed by atoms with Gasteiger partial charge in [0.2, 0.25) is 10.0 Å². The highest BCUT2D eigenvalue weighted by molar-refractivity contribution is 7.88. The van der Waals surface area contributed by atoms with Crippen LogP contribution in [0.4, 0.5) is 0 Å². The molecule has 0 unspecified atom stereocenters. The van der Waals surface area contributed by atoms with E-state index in [-0.39, 0.29) is 22.7 Å². The van der Waals surface area contributed by atoms with Crippen molar-refractivity contribution in [3.63, 3.8) is 0 Å². The summed E-state index contributed by atoms with van der Waals surface area (Å²) < 4.78 is 28.4. The normalized spacial score (nSPS) is 18.7. The predicted octanol–water partition coefficient (Wildman–Crippen LogP) is 3.82. The fourth-order valence-corrected chi connectivity index (χ4v) is 5.18. The van der Waals surface area contributed by atoms with Crippen molar-refractivity contribution in [2.45, 2.75) is 31.3 Å². The molecule has 156 valence electrons. The van der Waals surface area contributed by atoms with E-state index in [2.05, 4.69) is 10.8 Å². The zero-order valence-corrected chi connectivity index (χ0v) is 18.2. The molecule has 1 aromatic heterocycles. The van der Waals surface area contributed by atoms with E-state index >= 15 is 0 Å². The van der Waals surface area contributed by atoms with Crippen molar-refractivity contribution in [2.24, 2.45) is 0 Å². The summed E-state index contributed by atoms with van der Waals surface area (Å²) in [5.74, 6) is 0. The maximum Gasteiger partial charge on any atom is 0.269 e. The first-order valence-electron chi connectivity index (χ1n) is 9.83. The van der Waals surface area contributed by atoms with Gasteiger partial charge in [-0.3, -0.25) is 4.79 Å². The van der Waals surface area contributed by atoms with Crippen molar-refractivity contribution >= 4 is 21.6 Å². The van der Waals surface area contributed by atoms with Gasteiger partial charge in [0.1, 0.15) is 5.02 Å². The van der Waals surface area contributed by atoms with Gasteiger partial charge < -0.3 is 4.57 Å². The monoisotopic (exact) mass is 442 g/mol. The molecule has 1 N–H and O–H groups in total. The summed E-state index contributed by atoms with van der Waals surface area (Å²) in [6, 6.07) is 20.9. The Balaban J connectivity index is 1.75. The third kappa shape index (κ3) is 4.51. The molecule has 0 fully saturated rings. The second kappa shape index (κ2) is 8.38. The Morgan fingerprint density at radius 2 is 1.77 bits per heavy atom. The lowest BCUT2D eigenvalue weighted by atomic mass is 9.90. The number of aryl methyl sites for hydroxylation is 1. The topological polar surface area (TPSA) is 68.2 Å². The summed E-state index contributed by atoms with van der Waals surface area (Å²) in [7, 11) is -3.42. The molecular formula is C23H23ClN2O3S. The van der Waals surface area contributed by atoms with Gasteiger partial charge in [0.05, 0.1) is 12.3 Å². The van der Waals surface area contributed by atoms with Crippen molar-refractivity contribution in [2.75, 3.05) is 6.26 Å². The number of hydrogen-bond acceptors (Lipinski definition) is 3. The van der Waals surface area contributed by atoms with Gasteiger partial charge in [-0.05, 0) is 48.1 Å². The zero-order chi connectivity index (χ0) is 21.3. The first-order valence-corrected chi connectivity index (χ1v) is 12.1. The molecule has 1 aliphatic heterocycles. The van der Waals surface area contributed by atoms with Crippen LogP contribution in [-0.4, -0.2) is 25.3 Å². The molecule has 0 amide bonds. The van der Waals surface area contributed by atoms with E-state index in [4.69, 9.17) is 11.6 Å². The van der Waals surface area contributed by atoms with Crippen LogP contribution in [0.2, 0.25) is 5.02 Å². The molecule has 0 saturated heterocycles. The van der Waals surface area contributed by atoms with Crippen LogP contribution >= 0.6 is 11.6 Å². The highest BCUT2D eigenvalue weighted by Crippen LogP contribution is 2.29. The third-order valence-corrected chi connectivity index (χ3v) is 6.53. The average Bonchev–Trinajstić information content (AvgIpc) is 2.72. The van der Waals surface area contributed by atoms with E-state index in [1.807, 2.05) is 54.6 Å². The summed E-state index contributed by atoms with van der Waals surface area (Å²) in [5, 5.41) is 0.141. The van der Waals surface area contributed by atoms with Gasteiger partial charge in [-0.25, -0.2) is 13.1 Å². The van der Waals surface area contributed by atoms with E-state index in [0.717, 1.165) is 28.6 Å². The van der Waals surface area contributed by atoms with Crippen LogP contribution in [0.3, 0.4) is 0 Å². The van der Waals surface area contributed by atoms with Crippen molar-refractivity contribution < 1.29 is 8.42 Å². The minimum absolute atomic E-state index is 0.141. The molecule has 3 aromatic rings. The third-order valence-electron chi connectivity index (χ3n) is 5.51. The van der Waals surface area contributed by atoms with Gasteiger partial charge in [-0.1, -0.05) is 66.2 Å². The number of nitrogens with zero attached hydrogens (tertiary/aromatic N) is 1. The predicted molar refractivity (Wildman–Crippen MR) is 120 cm³/mol. The number of pyridine rings is 1. The summed E-state index contributed by atoms with van der Waals surface area (Å²) in [6.45, 7) is 0. The Bertz CT molecular complexity index is 1220. The molecule has 1 aliphatic rings. The molecule has 0 saturated carbocycles. The maximum atomic E-state index is 12.9. The van der Waals surface area contributed by atoms with Gasteiger partial charge in [0, 0.05) is 11.7 Å². The number of sulfonamides is 1. The Morgan fingerprint density at radius 1 is 1.03 bits per heavy atom. The van der Waals surface area contributed by atoms with Gasteiger partial charge >= 0.3 is 0 Å². The van der Waals surface area contributed by atoms with Gasteiger partial charge in [-0.2, -0.15) is 0 Å². The van der Waals surface area contributed by atoms with E-state index in [0.29, 0.717) is 19.3 Å². The highest BCUT2D eigenvalue weighted by atomic mass is 35.5. The van der Waals surface area contributed by atoms with Crippen molar-refractivity contribution in [3.05, 3.63) is 93.4 Å². The van der Waals surface area contributed by atoms with Gasteiger partial charge in [0.25, 0.3) is 5.56 Å².